The highest BCUT2D eigenvalue weighted by Crippen LogP contribution is 2.41. The fourth-order valence-corrected chi connectivity index (χ4v) is 4.06. The van der Waals surface area contributed by atoms with Crippen LogP contribution in [0.3, 0.4) is 0 Å². The van der Waals surface area contributed by atoms with Gasteiger partial charge in [-0.15, -0.1) is 5.10 Å². The highest BCUT2D eigenvalue weighted by molar-refractivity contribution is 7.08. The number of alkyl halides is 3. The lowest BCUT2D eigenvalue weighted by Crippen LogP contribution is -2.49. The standard InChI is InChI=1S/C16H15ClF3N5OS/c17-11-7-10(16(18,19)20)8-21-14(11)24-3-5-25(6-4-24)15(26)13-12(9-1-2-9)22-23-27-13/h7-9H,1-6H2. The van der Waals surface area contributed by atoms with Crippen molar-refractivity contribution in [3.8, 4) is 0 Å². The number of halogens is 4. The molecule has 0 N–H and O–H groups in total. The molecule has 11 heteroatoms. The lowest BCUT2D eigenvalue weighted by Gasteiger charge is -2.35. The van der Waals surface area contributed by atoms with E-state index in [1.54, 1.807) is 9.80 Å². The van der Waals surface area contributed by atoms with Gasteiger partial charge in [-0.1, -0.05) is 16.1 Å². The summed E-state index contributed by atoms with van der Waals surface area (Å²) in [5.74, 6) is 0.562. The quantitative estimate of drug-likeness (QED) is 0.765. The molecule has 3 heterocycles. The van der Waals surface area contributed by atoms with Crippen LogP contribution in [0.2, 0.25) is 5.02 Å². The van der Waals surface area contributed by atoms with Crippen molar-refractivity contribution in [2.75, 3.05) is 31.1 Å². The van der Waals surface area contributed by atoms with Crippen molar-refractivity contribution < 1.29 is 18.0 Å². The molecule has 0 unspecified atom stereocenters. The molecule has 0 radical (unpaired) electrons. The van der Waals surface area contributed by atoms with E-state index >= 15 is 0 Å². The summed E-state index contributed by atoms with van der Waals surface area (Å²) in [4.78, 5) is 20.7. The van der Waals surface area contributed by atoms with Gasteiger partial charge in [-0.05, 0) is 30.4 Å². The van der Waals surface area contributed by atoms with Gasteiger partial charge in [-0.2, -0.15) is 13.2 Å². The molecular formula is C16H15ClF3N5OS. The summed E-state index contributed by atoms with van der Waals surface area (Å²) in [7, 11) is 0. The number of aromatic nitrogens is 3. The summed E-state index contributed by atoms with van der Waals surface area (Å²) < 4.78 is 42.1. The number of nitrogens with zero attached hydrogens (tertiary/aromatic N) is 5. The lowest BCUT2D eigenvalue weighted by molar-refractivity contribution is -0.137. The fourth-order valence-electron chi connectivity index (χ4n) is 3.05. The first-order valence-corrected chi connectivity index (χ1v) is 9.59. The van der Waals surface area contributed by atoms with Gasteiger partial charge in [0.15, 0.2) is 0 Å². The van der Waals surface area contributed by atoms with Gasteiger partial charge >= 0.3 is 6.18 Å². The molecule has 2 aliphatic rings. The predicted molar refractivity (Wildman–Crippen MR) is 94.2 cm³/mol. The molecule has 2 aromatic rings. The van der Waals surface area contributed by atoms with Crippen LogP contribution < -0.4 is 4.90 Å². The number of rotatable bonds is 3. The van der Waals surface area contributed by atoms with E-state index in [9.17, 15) is 18.0 Å². The molecule has 144 valence electrons. The molecule has 2 aromatic heterocycles. The van der Waals surface area contributed by atoms with Crippen LogP contribution in [-0.2, 0) is 6.18 Å². The zero-order chi connectivity index (χ0) is 19.2. The van der Waals surface area contributed by atoms with Gasteiger partial charge < -0.3 is 9.80 Å². The van der Waals surface area contributed by atoms with E-state index in [2.05, 4.69) is 14.6 Å². The Kier molecular flexibility index (Phi) is 4.71. The molecule has 0 atom stereocenters. The number of carbonyl (C=O) groups excluding carboxylic acids is 1. The number of piperazine rings is 1. The van der Waals surface area contributed by atoms with E-state index in [1.807, 2.05) is 0 Å². The summed E-state index contributed by atoms with van der Waals surface area (Å²) >= 11 is 7.13. The minimum Gasteiger partial charge on any atom is -0.352 e. The first-order valence-electron chi connectivity index (χ1n) is 8.44. The van der Waals surface area contributed by atoms with Crippen LogP contribution in [0.4, 0.5) is 19.0 Å². The molecule has 27 heavy (non-hydrogen) atoms. The Labute approximate surface area is 162 Å². The van der Waals surface area contributed by atoms with Crippen molar-refractivity contribution in [3.63, 3.8) is 0 Å². The van der Waals surface area contributed by atoms with Crippen LogP contribution in [-0.4, -0.2) is 51.6 Å². The maximum Gasteiger partial charge on any atom is 0.417 e. The van der Waals surface area contributed by atoms with Crippen LogP contribution in [0.25, 0.3) is 0 Å². The molecule has 1 saturated carbocycles. The Morgan fingerprint density at radius 3 is 2.52 bits per heavy atom. The van der Waals surface area contributed by atoms with E-state index in [-0.39, 0.29) is 10.9 Å². The van der Waals surface area contributed by atoms with Gasteiger partial charge in [0.05, 0.1) is 16.3 Å². The number of pyridine rings is 1. The molecule has 1 saturated heterocycles. The Hall–Kier alpha value is -1.94. The zero-order valence-electron chi connectivity index (χ0n) is 14.0. The van der Waals surface area contributed by atoms with Crippen LogP contribution in [0.15, 0.2) is 12.3 Å². The monoisotopic (exact) mass is 417 g/mol. The van der Waals surface area contributed by atoms with Crippen molar-refractivity contribution in [2.24, 2.45) is 0 Å². The third-order valence-electron chi connectivity index (χ3n) is 4.69. The maximum absolute atomic E-state index is 12.8. The van der Waals surface area contributed by atoms with Gasteiger partial charge in [0.1, 0.15) is 10.7 Å². The highest BCUT2D eigenvalue weighted by atomic mass is 35.5. The SMILES string of the molecule is O=C(c1snnc1C1CC1)N1CCN(c2ncc(C(F)(F)F)cc2Cl)CC1. The average molecular weight is 418 g/mol. The van der Waals surface area contributed by atoms with Crippen molar-refractivity contribution in [1.29, 1.82) is 0 Å². The topological polar surface area (TPSA) is 62.2 Å². The Balaban J connectivity index is 1.43. The summed E-state index contributed by atoms with van der Waals surface area (Å²) in [6.07, 6.45) is -1.62. The van der Waals surface area contributed by atoms with E-state index in [1.165, 1.54) is 0 Å². The van der Waals surface area contributed by atoms with E-state index in [4.69, 9.17) is 11.6 Å². The van der Waals surface area contributed by atoms with Crippen LogP contribution in [0, 0.1) is 0 Å². The molecule has 0 bridgehead atoms. The molecule has 2 fully saturated rings. The Bertz CT molecular complexity index is 862. The first-order chi connectivity index (χ1) is 12.8. The number of hydrogen-bond donors (Lipinski definition) is 0. The summed E-state index contributed by atoms with van der Waals surface area (Å²) in [6, 6.07) is 0.881. The second-order valence-corrected chi connectivity index (χ2v) is 7.73. The summed E-state index contributed by atoms with van der Waals surface area (Å²) in [6.45, 7) is 1.74. The Morgan fingerprint density at radius 1 is 1.22 bits per heavy atom. The smallest absolute Gasteiger partial charge is 0.352 e. The van der Waals surface area contributed by atoms with Gasteiger partial charge in [0.25, 0.3) is 5.91 Å². The fraction of sp³-hybridized carbons (Fsp3) is 0.500. The number of carbonyl (C=O) groups is 1. The number of amides is 1. The largest absolute Gasteiger partial charge is 0.417 e. The normalized spacial score (nSPS) is 18.1. The second kappa shape index (κ2) is 6.90. The highest BCUT2D eigenvalue weighted by Gasteiger charge is 2.35. The maximum atomic E-state index is 12.8. The second-order valence-electron chi connectivity index (χ2n) is 6.57. The van der Waals surface area contributed by atoms with Crippen LogP contribution in [0.1, 0.15) is 39.7 Å². The summed E-state index contributed by atoms with van der Waals surface area (Å²) in [5.41, 5.74) is -0.0877. The molecule has 0 aromatic carbocycles. The Morgan fingerprint density at radius 2 is 1.93 bits per heavy atom. The molecule has 4 rings (SSSR count). The molecule has 1 aliphatic heterocycles. The number of hydrogen-bond acceptors (Lipinski definition) is 6. The third-order valence-corrected chi connectivity index (χ3v) is 5.69. The molecule has 0 spiro atoms. The molecule has 1 amide bonds. The molecular weight excluding hydrogens is 403 g/mol. The van der Waals surface area contributed by atoms with Crippen molar-refractivity contribution in [2.45, 2.75) is 24.9 Å². The van der Waals surface area contributed by atoms with Gasteiger partial charge in [-0.25, -0.2) is 4.98 Å². The van der Waals surface area contributed by atoms with Gasteiger partial charge in [0.2, 0.25) is 0 Å². The van der Waals surface area contributed by atoms with Gasteiger partial charge in [0, 0.05) is 38.3 Å². The van der Waals surface area contributed by atoms with Gasteiger partial charge in [-0.3, -0.25) is 4.79 Å². The van der Waals surface area contributed by atoms with Crippen molar-refractivity contribution >= 4 is 34.9 Å². The molecule has 1 aliphatic carbocycles. The molecule has 6 nitrogen and oxygen atoms in total. The van der Waals surface area contributed by atoms with E-state index in [0.29, 0.717) is 42.8 Å². The zero-order valence-corrected chi connectivity index (χ0v) is 15.6. The van der Waals surface area contributed by atoms with E-state index < -0.39 is 11.7 Å². The predicted octanol–water partition coefficient (Wildman–Crippen LogP) is 3.45. The van der Waals surface area contributed by atoms with Crippen molar-refractivity contribution in [3.05, 3.63) is 33.4 Å². The van der Waals surface area contributed by atoms with Crippen LogP contribution >= 0.6 is 23.1 Å². The van der Waals surface area contributed by atoms with E-state index in [0.717, 1.165) is 42.3 Å². The lowest BCUT2D eigenvalue weighted by atomic mass is 10.2. The minimum absolute atomic E-state index is 0.0488. The third kappa shape index (κ3) is 3.73. The first kappa shape index (κ1) is 18.4. The number of anilines is 1. The van der Waals surface area contributed by atoms with Crippen LogP contribution in [0.5, 0.6) is 0 Å². The van der Waals surface area contributed by atoms with Crippen molar-refractivity contribution in [1.82, 2.24) is 19.5 Å². The summed E-state index contributed by atoms with van der Waals surface area (Å²) in [5, 5.41) is 4.04. The minimum atomic E-state index is -4.48. The average Bonchev–Trinajstić information content (AvgIpc) is 3.37.